The van der Waals surface area contributed by atoms with Crippen LogP contribution in [0.25, 0.3) is 0 Å². The molecule has 102 valence electrons. The number of nitrogens with one attached hydrogen (secondary N) is 2. The Bertz CT molecular complexity index is 275. The van der Waals surface area contributed by atoms with Crippen LogP contribution in [0, 0.1) is 18.3 Å². The summed E-state index contributed by atoms with van der Waals surface area (Å²) >= 11 is 0. The predicted molar refractivity (Wildman–Crippen MR) is 77.4 cm³/mol. The maximum absolute atomic E-state index is 5.46. The fraction of sp³-hybridized carbons (Fsp3) is 0.875. The second-order valence-corrected chi connectivity index (χ2v) is 5.94. The summed E-state index contributed by atoms with van der Waals surface area (Å²) in [4.78, 5) is 0. The van der Waals surface area contributed by atoms with E-state index in [1.807, 2.05) is 0 Å². The Balaban J connectivity index is 1.92. The maximum Gasteiger partial charge on any atom is 0.0240 e. The molecule has 1 aliphatic carbocycles. The minimum Gasteiger partial charge on any atom is -0.314 e. The summed E-state index contributed by atoms with van der Waals surface area (Å²) in [6, 6.07) is 1.96. The van der Waals surface area contributed by atoms with Crippen LogP contribution in [0.1, 0.15) is 58.3 Å². The molecule has 2 rings (SSSR count). The molecule has 2 nitrogen and oxygen atoms in total. The lowest BCUT2D eigenvalue weighted by Gasteiger charge is -2.38. The van der Waals surface area contributed by atoms with E-state index < -0.39 is 0 Å². The van der Waals surface area contributed by atoms with Gasteiger partial charge in [0.15, 0.2) is 0 Å². The van der Waals surface area contributed by atoms with E-state index in [1.165, 1.54) is 45.1 Å². The standard InChI is InChI=1S/C16H28N2/c1-3-8-13(4-2)18-16-10-6-5-9-14(16)15-11-7-12-17-15/h1,13-18H,4-12H2,2H3. The van der Waals surface area contributed by atoms with Crippen LogP contribution < -0.4 is 10.6 Å². The molecule has 4 unspecified atom stereocenters. The van der Waals surface area contributed by atoms with Crippen molar-refractivity contribution >= 4 is 0 Å². The average molecular weight is 248 g/mol. The fourth-order valence-corrected chi connectivity index (χ4v) is 3.69. The number of terminal acetylenes is 1. The largest absolute Gasteiger partial charge is 0.314 e. The molecule has 0 aromatic heterocycles. The van der Waals surface area contributed by atoms with Crippen molar-refractivity contribution in [2.75, 3.05) is 6.54 Å². The van der Waals surface area contributed by atoms with Crippen molar-refractivity contribution in [3.8, 4) is 12.3 Å². The Morgan fingerprint density at radius 2 is 2.11 bits per heavy atom. The van der Waals surface area contributed by atoms with Gasteiger partial charge >= 0.3 is 0 Å². The first kappa shape index (κ1) is 13.9. The van der Waals surface area contributed by atoms with Crippen molar-refractivity contribution in [3.63, 3.8) is 0 Å². The summed E-state index contributed by atoms with van der Waals surface area (Å²) in [5, 5.41) is 7.55. The normalized spacial score (nSPS) is 34.1. The third-order valence-electron chi connectivity index (χ3n) is 4.74. The Morgan fingerprint density at radius 3 is 2.78 bits per heavy atom. The van der Waals surface area contributed by atoms with E-state index in [2.05, 4.69) is 23.5 Å². The monoisotopic (exact) mass is 248 g/mol. The molecule has 0 aromatic rings. The van der Waals surface area contributed by atoms with Gasteiger partial charge in [0, 0.05) is 24.5 Å². The predicted octanol–water partition coefficient (Wildman–Crippen LogP) is 2.69. The lowest BCUT2D eigenvalue weighted by molar-refractivity contribution is 0.199. The Hall–Kier alpha value is -0.520. The molecule has 2 fully saturated rings. The van der Waals surface area contributed by atoms with Gasteiger partial charge in [-0.05, 0) is 44.6 Å². The quantitative estimate of drug-likeness (QED) is 0.731. The molecule has 2 aliphatic rings. The first-order chi connectivity index (χ1) is 8.85. The maximum atomic E-state index is 5.46. The highest BCUT2D eigenvalue weighted by molar-refractivity contribution is 4.95. The van der Waals surface area contributed by atoms with E-state index in [0.29, 0.717) is 12.1 Å². The topological polar surface area (TPSA) is 24.1 Å². The van der Waals surface area contributed by atoms with E-state index in [0.717, 1.165) is 24.8 Å². The van der Waals surface area contributed by atoms with Crippen molar-refractivity contribution in [1.29, 1.82) is 0 Å². The summed E-state index contributed by atoms with van der Waals surface area (Å²) < 4.78 is 0. The highest BCUT2D eigenvalue weighted by Crippen LogP contribution is 2.31. The summed E-state index contributed by atoms with van der Waals surface area (Å²) in [5.41, 5.74) is 0. The molecular weight excluding hydrogens is 220 g/mol. The van der Waals surface area contributed by atoms with Crippen LogP contribution in [0.4, 0.5) is 0 Å². The number of hydrogen-bond donors (Lipinski definition) is 2. The highest BCUT2D eigenvalue weighted by atomic mass is 15.0. The number of hydrogen-bond acceptors (Lipinski definition) is 2. The zero-order valence-corrected chi connectivity index (χ0v) is 11.8. The second-order valence-electron chi connectivity index (χ2n) is 5.94. The van der Waals surface area contributed by atoms with E-state index >= 15 is 0 Å². The summed E-state index contributed by atoms with van der Waals surface area (Å²) in [5.74, 6) is 3.64. The van der Waals surface area contributed by atoms with Crippen molar-refractivity contribution < 1.29 is 0 Å². The SMILES string of the molecule is C#CCC(CC)NC1CCCCC1C1CCCN1. The first-order valence-corrected chi connectivity index (χ1v) is 7.78. The molecule has 1 aliphatic heterocycles. The van der Waals surface area contributed by atoms with Crippen LogP contribution in [-0.2, 0) is 0 Å². The molecule has 0 spiro atoms. The Morgan fingerprint density at radius 1 is 1.28 bits per heavy atom. The molecule has 1 heterocycles. The lowest BCUT2D eigenvalue weighted by atomic mass is 9.79. The van der Waals surface area contributed by atoms with Crippen LogP contribution in [0.3, 0.4) is 0 Å². The van der Waals surface area contributed by atoms with Crippen molar-refractivity contribution in [3.05, 3.63) is 0 Å². The summed E-state index contributed by atoms with van der Waals surface area (Å²) in [6.07, 6.45) is 15.7. The van der Waals surface area contributed by atoms with Crippen molar-refractivity contribution in [2.45, 2.75) is 76.4 Å². The molecular formula is C16H28N2. The van der Waals surface area contributed by atoms with E-state index in [9.17, 15) is 0 Å². The van der Waals surface area contributed by atoms with Gasteiger partial charge in [0.05, 0.1) is 0 Å². The number of rotatable bonds is 5. The van der Waals surface area contributed by atoms with Gasteiger partial charge in [-0.1, -0.05) is 19.8 Å². The smallest absolute Gasteiger partial charge is 0.0240 e. The van der Waals surface area contributed by atoms with Gasteiger partial charge in [0.1, 0.15) is 0 Å². The molecule has 2 N–H and O–H groups in total. The third kappa shape index (κ3) is 3.49. The molecule has 2 heteroatoms. The van der Waals surface area contributed by atoms with Gasteiger partial charge in [-0.25, -0.2) is 0 Å². The van der Waals surface area contributed by atoms with E-state index in [1.54, 1.807) is 0 Å². The first-order valence-electron chi connectivity index (χ1n) is 7.78. The molecule has 0 amide bonds. The Kier molecular flexibility index (Phi) is 5.53. The van der Waals surface area contributed by atoms with Gasteiger partial charge in [-0.3, -0.25) is 0 Å². The van der Waals surface area contributed by atoms with Gasteiger partial charge in [-0.2, -0.15) is 0 Å². The average Bonchev–Trinajstić information content (AvgIpc) is 2.92. The van der Waals surface area contributed by atoms with E-state index in [4.69, 9.17) is 6.42 Å². The summed E-state index contributed by atoms with van der Waals surface area (Å²) in [6.45, 7) is 3.45. The van der Waals surface area contributed by atoms with Gasteiger partial charge in [0.25, 0.3) is 0 Å². The lowest BCUT2D eigenvalue weighted by Crippen LogP contribution is -2.50. The van der Waals surface area contributed by atoms with Crippen LogP contribution in [0.2, 0.25) is 0 Å². The second kappa shape index (κ2) is 7.16. The van der Waals surface area contributed by atoms with E-state index in [-0.39, 0.29) is 0 Å². The molecule has 0 aromatic carbocycles. The molecule has 0 radical (unpaired) electrons. The van der Waals surface area contributed by atoms with Crippen LogP contribution in [0.5, 0.6) is 0 Å². The van der Waals surface area contributed by atoms with Crippen LogP contribution in [-0.4, -0.2) is 24.7 Å². The molecule has 1 saturated heterocycles. The van der Waals surface area contributed by atoms with Crippen LogP contribution >= 0.6 is 0 Å². The minimum absolute atomic E-state index is 0.516. The van der Waals surface area contributed by atoms with Gasteiger partial charge in [-0.15, -0.1) is 12.3 Å². The van der Waals surface area contributed by atoms with Crippen molar-refractivity contribution in [2.24, 2.45) is 5.92 Å². The third-order valence-corrected chi connectivity index (χ3v) is 4.74. The van der Waals surface area contributed by atoms with Gasteiger partial charge in [0.2, 0.25) is 0 Å². The summed E-state index contributed by atoms with van der Waals surface area (Å²) in [7, 11) is 0. The molecule has 0 bridgehead atoms. The minimum atomic E-state index is 0.516. The Labute approximate surface area is 112 Å². The zero-order valence-electron chi connectivity index (χ0n) is 11.8. The fourth-order valence-electron chi connectivity index (χ4n) is 3.69. The molecule has 18 heavy (non-hydrogen) atoms. The highest BCUT2D eigenvalue weighted by Gasteiger charge is 2.33. The zero-order chi connectivity index (χ0) is 12.8. The van der Waals surface area contributed by atoms with Gasteiger partial charge < -0.3 is 10.6 Å². The molecule has 1 saturated carbocycles. The van der Waals surface area contributed by atoms with Crippen molar-refractivity contribution in [1.82, 2.24) is 10.6 Å². The molecule has 4 atom stereocenters. The van der Waals surface area contributed by atoms with Crippen LogP contribution in [0.15, 0.2) is 0 Å².